The standard InChI is InChI=1S/C23H30N4O2/c28-22(26-12-5-1-2-6-13-26)18-25-14-16-27(17-15-25)23(29)24-21-11-7-9-19-8-3-4-10-20(19)21/h3-4,7-11H,1-2,5-6,12-18H2,(H,24,29). The van der Waals surface area contributed by atoms with Crippen molar-refractivity contribution in [2.45, 2.75) is 25.7 Å². The average molecular weight is 395 g/mol. The minimum Gasteiger partial charge on any atom is -0.342 e. The van der Waals surface area contributed by atoms with Crippen LogP contribution in [0.3, 0.4) is 0 Å². The van der Waals surface area contributed by atoms with Gasteiger partial charge in [0.05, 0.1) is 12.2 Å². The largest absolute Gasteiger partial charge is 0.342 e. The number of likely N-dealkylation sites (tertiary alicyclic amines) is 1. The Morgan fingerprint density at radius 2 is 1.45 bits per heavy atom. The summed E-state index contributed by atoms with van der Waals surface area (Å²) in [4.78, 5) is 31.4. The fraction of sp³-hybridized carbons (Fsp3) is 0.478. The number of hydrogen-bond acceptors (Lipinski definition) is 3. The number of urea groups is 1. The number of piperazine rings is 1. The fourth-order valence-corrected chi connectivity index (χ4v) is 4.25. The van der Waals surface area contributed by atoms with E-state index in [1.807, 2.05) is 52.3 Å². The number of anilines is 1. The van der Waals surface area contributed by atoms with Crippen LogP contribution in [0, 0.1) is 0 Å². The lowest BCUT2D eigenvalue weighted by molar-refractivity contribution is -0.132. The molecule has 0 aromatic heterocycles. The first kappa shape index (κ1) is 19.7. The maximum atomic E-state index is 12.7. The smallest absolute Gasteiger partial charge is 0.321 e. The Morgan fingerprint density at radius 1 is 0.759 bits per heavy atom. The molecule has 0 radical (unpaired) electrons. The molecule has 2 aromatic carbocycles. The van der Waals surface area contributed by atoms with E-state index in [1.54, 1.807) is 0 Å². The van der Waals surface area contributed by atoms with E-state index >= 15 is 0 Å². The van der Waals surface area contributed by atoms with Gasteiger partial charge in [0.2, 0.25) is 5.91 Å². The van der Waals surface area contributed by atoms with Crippen LogP contribution in [0.4, 0.5) is 10.5 Å². The van der Waals surface area contributed by atoms with Crippen LogP contribution in [0.25, 0.3) is 10.8 Å². The molecule has 2 aromatic rings. The summed E-state index contributed by atoms with van der Waals surface area (Å²) in [6.45, 7) is 5.02. The molecule has 29 heavy (non-hydrogen) atoms. The van der Waals surface area contributed by atoms with Crippen LogP contribution in [0.5, 0.6) is 0 Å². The Bertz CT molecular complexity index is 848. The van der Waals surface area contributed by atoms with Crippen molar-refractivity contribution in [2.75, 3.05) is 51.1 Å². The number of carbonyl (C=O) groups is 2. The van der Waals surface area contributed by atoms with Crippen LogP contribution in [-0.2, 0) is 4.79 Å². The first-order valence-electron chi connectivity index (χ1n) is 10.7. The second-order valence-corrected chi connectivity index (χ2v) is 8.02. The van der Waals surface area contributed by atoms with E-state index in [0.29, 0.717) is 19.6 Å². The van der Waals surface area contributed by atoms with Gasteiger partial charge in [-0.3, -0.25) is 9.69 Å². The zero-order valence-electron chi connectivity index (χ0n) is 17.0. The van der Waals surface area contributed by atoms with E-state index in [4.69, 9.17) is 0 Å². The molecule has 0 aliphatic carbocycles. The minimum absolute atomic E-state index is 0.0696. The third-order valence-electron chi connectivity index (χ3n) is 6.01. The monoisotopic (exact) mass is 394 g/mol. The van der Waals surface area contributed by atoms with Crippen molar-refractivity contribution in [3.63, 3.8) is 0 Å². The van der Waals surface area contributed by atoms with E-state index < -0.39 is 0 Å². The number of hydrogen-bond donors (Lipinski definition) is 1. The normalized spacial score (nSPS) is 18.5. The van der Waals surface area contributed by atoms with E-state index in [0.717, 1.165) is 55.5 Å². The molecule has 6 nitrogen and oxygen atoms in total. The molecular formula is C23H30N4O2. The third-order valence-corrected chi connectivity index (χ3v) is 6.01. The summed E-state index contributed by atoms with van der Waals surface area (Å²) in [5.41, 5.74) is 0.840. The first-order valence-corrected chi connectivity index (χ1v) is 10.7. The molecule has 2 saturated heterocycles. The third kappa shape index (κ3) is 4.88. The number of benzene rings is 2. The molecule has 4 rings (SSSR count). The van der Waals surface area contributed by atoms with Gasteiger partial charge in [-0.15, -0.1) is 0 Å². The lowest BCUT2D eigenvalue weighted by Gasteiger charge is -2.35. The SMILES string of the molecule is O=C(CN1CCN(C(=O)Nc2cccc3ccccc23)CC1)N1CCCCCC1. The van der Waals surface area contributed by atoms with Gasteiger partial charge in [-0.25, -0.2) is 4.79 Å². The molecule has 0 bridgehead atoms. The van der Waals surface area contributed by atoms with Crippen LogP contribution in [0.1, 0.15) is 25.7 Å². The van der Waals surface area contributed by atoms with Crippen LogP contribution in [0.2, 0.25) is 0 Å². The van der Waals surface area contributed by atoms with E-state index in [2.05, 4.69) is 10.2 Å². The Kier molecular flexibility index (Phi) is 6.30. The van der Waals surface area contributed by atoms with Crippen molar-refractivity contribution in [2.24, 2.45) is 0 Å². The topological polar surface area (TPSA) is 55.9 Å². The number of nitrogens with zero attached hydrogens (tertiary/aromatic N) is 3. The minimum atomic E-state index is -0.0696. The molecular weight excluding hydrogens is 364 g/mol. The van der Waals surface area contributed by atoms with E-state index in [1.165, 1.54) is 12.8 Å². The summed E-state index contributed by atoms with van der Waals surface area (Å²) in [5.74, 6) is 0.237. The van der Waals surface area contributed by atoms with E-state index in [9.17, 15) is 9.59 Å². The van der Waals surface area contributed by atoms with Gasteiger partial charge >= 0.3 is 6.03 Å². The van der Waals surface area contributed by atoms with Crippen molar-refractivity contribution in [1.82, 2.24) is 14.7 Å². The Hall–Kier alpha value is -2.60. The number of nitrogens with one attached hydrogen (secondary N) is 1. The molecule has 154 valence electrons. The number of fused-ring (bicyclic) bond motifs is 1. The van der Waals surface area contributed by atoms with Gasteiger partial charge in [0.15, 0.2) is 0 Å². The Morgan fingerprint density at radius 3 is 2.21 bits per heavy atom. The van der Waals surface area contributed by atoms with Gasteiger partial charge < -0.3 is 15.1 Å². The van der Waals surface area contributed by atoms with Crippen molar-refractivity contribution >= 4 is 28.4 Å². The zero-order chi connectivity index (χ0) is 20.1. The molecule has 0 unspecified atom stereocenters. The predicted molar refractivity (Wildman–Crippen MR) is 116 cm³/mol. The average Bonchev–Trinajstić information content (AvgIpc) is 3.04. The van der Waals surface area contributed by atoms with Crippen LogP contribution in [0.15, 0.2) is 42.5 Å². The summed E-state index contributed by atoms with van der Waals surface area (Å²) < 4.78 is 0. The maximum absolute atomic E-state index is 12.7. The highest BCUT2D eigenvalue weighted by atomic mass is 16.2. The molecule has 2 fully saturated rings. The molecule has 0 atom stereocenters. The van der Waals surface area contributed by atoms with Crippen LogP contribution in [-0.4, -0.2) is 72.5 Å². The molecule has 2 aliphatic rings. The molecule has 1 N–H and O–H groups in total. The zero-order valence-corrected chi connectivity index (χ0v) is 17.0. The van der Waals surface area contributed by atoms with E-state index in [-0.39, 0.29) is 11.9 Å². The summed E-state index contributed by atoms with van der Waals surface area (Å²) in [5, 5.41) is 5.22. The first-order chi connectivity index (χ1) is 14.2. The Labute approximate surface area is 172 Å². The van der Waals surface area contributed by atoms with Gasteiger partial charge in [0.25, 0.3) is 0 Å². The lowest BCUT2D eigenvalue weighted by Crippen LogP contribution is -2.52. The Balaban J connectivity index is 1.29. The molecule has 2 heterocycles. The highest BCUT2D eigenvalue weighted by molar-refractivity contribution is 6.01. The summed E-state index contributed by atoms with van der Waals surface area (Å²) >= 11 is 0. The van der Waals surface area contributed by atoms with Crippen molar-refractivity contribution < 1.29 is 9.59 Å². The second kappa shape index (κ2) is 9.27. The van der Waals surface area contributed by atoms with Crippen molar-refractivity contribution in [1.29, 1.82) is 0 Å². The lowest BCUT2D eigenvalue weighted by atomic mass is 10.1. The van der Waals surface area contributed by atoms with Crippen LogP contribution < -0.4 is 5.32 Å². The fourth-order valence-electron chi connectivity index (χ4n) is 4.25. The van der Waals surface area contributed by atoms with Crippen molar-refractivity contribution in [3.05, 3.63) is 42.5 Å². The van der Waals surface area contributed by atoms with Gasteiger partial charge in [-0.2, -0.15) is 0 Å². The summed E-state index contributed by atoms with van der Waals surface area (Å²) in [7, 11) is 0. The highest BCUT2D eigenvalue weighted by Gasteiger charge is 2.24. The van der Waals surface area contributed by atoms with Crippen LogP contribution >= 0.6 is 0 Å². The number of amides is 3. The number of carbonyl (C=O) groups excluding carboxylic acids is 2. The van der Waals surface area contributed by atoms with Gasteiger partial charge in [0.1, 0.15) is 0 Å². The van der Waals surface area contributed by atoms with Gasteiger partial charge in [-0.1, -0.05) is 49.2 Å². The molecule has 0 saturated carbocycles. The number of rotatable bonds is 3. The van der Waals surface area contributed by atoms with Gasteiger partial charge in [-0.05, 0) is 24.3 Å². The van der Waals surface area contributed by atoms with Gasteiger partial charge in [0, 0.05) is 44.7 Å². The quantitative estimate of drug-likeness (QED) is 0.868. The summed E-state index contributed by atoms with van der Waals surface area (Å²) in [6, 6.07) is 13.9. The second-order valence-electron chi connectivity index (χ2n) is 8.02. The maximum Gasteiger partial charge on any atom is 0.321 e. The van der Waals surface area contributed by atoms with Crippen molar-refractivity contribution in [3.8, 4) is 0 Å². The molecule has 2 aliphatic heterocycles. The molecule has 3 amide bonds. The predicted octanol–water partition coefficient (Wildman–Crippen LogP) is 3.39. The summed E-state index contributed by atoms with van der Waals surface area (Å²) in [6.07, 6.45) is 4.70. The highest BCUT2D eigenvalue weighted by Crippen LogP contribution is 2.23. The molecule has 6 heteroatoms. The molecule has 0 spiro atoms.